The number of imidazole rings is 1. The molecule has 0 spiro atoms. The van der Waals surface area contributed by atoms with Crippen LogP contribution in [0.1, 0.15) is 17.1 Å². The molecule has 1 unspecified atom stereocenters. The lowest BCUT2D eigenvalue weighted by Crippen LogP contribution is -2.40. The van der Waals surface area contributed by atoms with Gasteiger partial charge in [0.25, 0.3) is 0 Å². The van der Waals surface area contributed by atoms with E-state index in [1.165, 1.54) is 11.4 Å². The summed E-state index contributed by atoms with van der Waals surface area (Å²) < 4.78 is 1.88. The first-order valence-electron chi connectivity index (χ1n) is 6.21. The third-order valence-corrected chi connectivity index (χ3v) is 3.46. The Morgan fingerprint density at radius 2 is 2.44 bits per heavy atom. The van der Waals surface area contributed by atoms with Crippen molar-refractivity contribution in [3.05, 3.63) is 29.5 Å². The smallest absolute Gasteiger partial charge is 0.148 e. The van der Waals surface area contributed by atoms with Crippen LogP contribution in [0.15, 0.2) is 12.4 Å². The molecule has 3 N–H and O–H groups in total. The summed E-state index contributed by atoms with van der Waals surface area (Å²) in [4.78, 5) is 7.49. The molecule has 1 aliphatic heterocycles. The number of hydrogen-bond acceptors (Lipinski definition) is 4. The third-order valence-electron chi connectivity index (χ3n) is 3.46. The molecule has 18 heavy (non-hydrogen) atoms. The van der Waals surface area contributed by atoms with E-state index >= 15 is 0 Å². The largest absolute Gasteiger partial charge is 0.367 e. The molecule has 1 aliphatic rings. The van der Waals surface area contributed by atoms with Gasteiger partial charge in [-0.2, -0.15) is 5.10 Å². The van der Waals surface area contributed by atoms with Gasteiger partial charge in [-0.05, 0) is 6.92 Å². The Hall–Kier alpha value is -1.82. The van der Waals surface area contributed by atoms with Gasteiger partial charge in [0.05, 0.1) is 17.7 Å². The zero-order valence-electron chi connectivity index (χ0n) is 10.7. The summed E-state index contributed by atoms with van der Waals surface area (Å²) in [6.45, 7) is 3.78. The Kier molecular flexibility index (Phi) is 2.79. The fourth-order valence-electron chi connectivity index (χ4n) is 2.25. The second-order valence-corrected chi connectivity index (χ2v) is 4.79. The fraction of sp³-hybridized carbons (Fsp3) is 0.500. The highest BCUT2D eigenvalue weighted by Gasteiger charge is 2.19. The monoisotopic (exact) mass is 246 g/mol. The van der Waals surface area contributed by atoms with Crippen LogP contribution < -0.4 is 10.6 Å². The molecule has 0 radical (unpaired) electrons. The molecular formula is C12H18N6. The van der Waals surface area contributed by atoms with Crippen LogP contribution in [0.3, 0.4) is 0 Å². The van der Waals surface area contributed by atoms with Crippen molar-refractivity contribution in [1.29, 1.82) is 0 Å². The minimum absolute atomic E-state index is 0.406. The standard InChI is InChI=1S/C12H18N6/c1-8-3-12(17-18(8)2)14-5-9-4-10-11(6-13-9)16-7-15-10/h3,7,9,13H,4-6H2,1-2H3,(H,14,17)(H,15,16). The molecule has 0 bridgehead atoms. The van der Waals surface area contributed by atoms with Crippen molar-refractivity contribution in [2.75, 3.05) is 11.9 Å². The second-order valence-electron chi connectivity index (χ2n) is 4.79. The fourth-order valence-corrected chi connectivity index (χ4v) is 2.25. The lowest BCUT2D eigenvalue weighted by Gasteiger charge is -2.23. The van der Waals surface area contributed by atoms with Gasteiger partial charge in [-0.1, -0.05) is 0 Å². The first-order chi connectivity index (χ1) is 8.72. The maximum atomic E-state index is 4.38. The lowest BCUT2D eigenvalue weighted by molar-refractivity contribution is 0.487. The van der Waals surface area contributed by atoms with Crippen LogP contribution in [-0.4, -0.2) is 32.3 Å². The van der Waals surface area contributed by atoms with Gasteiger partial charge in [0.15, 0.2) is 0 Å². The van der Waals surface area contributed by atoms with Crippen molar-refractivity contribution >= 4 is 5.82 Å². The van der Waals surface area contributed by atoms with Crippen LogP contribution in [0.25, 0.3) is 0 Å². The van der Waals surface area contributed by atoms with Crippen molar-refractivity contribution in [3.8, 4) is 0 Å². The zero-order valence-corrected chi connectivity index (χ0v) is 10.7. The molecule has 6 heteroatoms. The molecule has 0 saturated heterocycles. The zero-order chi connectivity index (χ0) is 12.5. The summed E-state index contributed by atoms with van der Waals surface area (Å²) in [6, 6.07) is 2.46. The van der Waals surface area contributed by atoms with Gasteiger partial charge in [-0.3, -0.25) is 4.68 Å². The van der Waals surface area contributed by atoms with Crippen molar-refractivity contribution in [1.82, 2.24) is 25.1 Å². The van der Waals surface area contributed by atoms with Crippen molar-refractivity contribution in [3.63, 3.8) is 0 Å². The number of hydrogen-bond donors (Lipinski definition) is 3. The Morgan fingerprint density at radius 1 is 1.56 bits per heavy atom. The van der Waals surface area contributed by atoms with Crippen LogP contribution in [0.4, 0.5) is 5.82 Å². The summed E-state index contributed by atoms with van der Waals surface area (Å²) in [5.41, 5.74) is 3.54. The number of aryl methyl sites for hydroxylation is 2. The molecule has 2 aromatic heterocycles. The van der Waals surface area contributed by atoms with Gasteiger partial charge < -0.3 is 15.6 Å². The number of anilines is 1. The summed E-state index contributed by atoms with van der Waals surface area (Å²) in [5.74, 6) is 0.935. The number of rotatable bonds is 3. The Labute approximate surface area is 106 Å². The third kappa shape index (κ3) is 2.11. The number of aromatic amines is 1. The molecule has 0 amide bonds. The normalized spacial score (nSPS) is 18.7. The van der Waals surface area contributed by atoms with Gasteiger partial charge in [0.1, 0.15) is 5.82 Å². The number of nitrogens with one attached hydrogen (secondary N) is 3. The highest BCUT2D eigenvalue weighted by molar-refractivity contribution is 5.36. The number of fused-ring (bicyclic) bond motifs is 1. The van der Waals surface area contributed by atoms with E-state index in [4.69, 9.17) is 0 Å². The average molecular weight is 246 g/mol. The summed E-state index contributed by atoms with van der Waals surface area (Å²) in [7, 11) is 1.95. The molecule has 0 saturated carbocycles. The molecule has 96 valence electrons. The minimum atomic E-state index is 0.406. The predicted molar refractivity (Wildman–Crippen MR) is 69.4 cm³/mol. The van der Waals surface area contributed by atoms with Crippen molar-refractivity contribution < 1.29 is 0 Å². The first-order valence-corrected chi connectivity index (χ1v) is 6.21. The van der Waals surface area contributed by atoms with Gasteiger partial charge in [0, 0.05) is 44.4 Å². The number of aromatic nitrogens is 4. The van der Waals surface area contributed by atoms with Gasteiger partial charge in [0.2, 0.25) is 0 Å². The number of nitrogens with zero attached hydrogens (tertiary/aromatic N) is 3. The number of H-pyrrole nitrogens is 1. The van der Waals surface area contributed by atoms with Crippen molar-refractivity contribution in [2.24, 2.45) is 7.05 Å². The van der Waals surface area contributed by atoms with Gasteiger partial charge in [-0.15, -0.1) is 0 Å². The SMILES string of the molecule is Cc1cc(NCC2Cc3nc[nH]c3CN2)nn1C. The van der Waals surface area contributed by atoms with Crippen LogP contribution in [0.5, 0.6) is 0 Å². The van der Waals surface area contributed by atoms with Crippen LogP contribution in [0, 0.1) is 6.92 Å². The Bertz CT molecular complexity index is 521. The molecule has 3 rings (SSSR count). The highest BCUT2D eigenvalue weighted by atomic mass is 15.3. The summed E-state index contributed by atoms with van der Waals surface area (Å²) in [5, 5.41) is 11.2. The van der Waals surface area contributed by atoms with E-state index in [-0.39, 0.29) is 0 Å². The quantitative estimate of drug-likeness (QED) is 0.741. The van der Waals surface area contributed by atoms with Crippen LogP contribution in [0.2, 0.25) is 0 Å². The molecule has 3 heterocycles. The molecule has 0 aliphatic carbocycles. The van der Waals surface area contributed by atoms with E-state index in [0.29, 0.717) is 6.04 Å². The van der Waals surface area contributed by atoms with E-state index in [1.807, 2.05) is 18.7 Å². The molecular weight excluding hydrogens is 228 g/mol. The van der Waals surface area contributed by atoms with E-state index in [9.17, 15) is 0 Å². The summed E-state index contributed by atoms with van der Waals surface area (Å²) >= 11 is 0. The molecule has 0 fully saturated rings. The molecule has 6 nitrogen and oxygen atoms in total. The Balaban J connectivity index is 1.58. The predicted octanol–water partition coefficient (Wildman–Crippen LogP) is 0.578. The summed E-state index contributed by atoms with van der Waals surface area (Å²) in [6.07, 6.45) is 2.72. The maximum Gasteiger partial charge on any atom is 0.148 e. The first kappa shape index (κ1) is 11.3. The maximum absolute atomic E-state index is 4.38. The van der Waals surface area contributed by atoms with E-state index < -0.39 is 0 Å². The molecule has 2 aromatic rings. The van der Waals surface area contributed by atoms with Gasteiger partial charge in [-0.25, -0.2) is 4.98 Å². The topological polar surface area (TPSA) is 70.6 Å². The second kappa shape index (κ2) is 4.45. The van der Waals surface area contributed by atoms with E-state index in [0.717, 1.165) is 31.0 Å². The van der Waals surface area contributed by atoms with E-state index in [2.05, 4.69) is 31.8 Å². The van der Waals surface area contributed by atoms with E-state index in [1.54, 1.807) is 6.33 Å². The lowest BCUT2D eigenvalue weighted by atomic mass is 10.1. The molecule has 1 atom stereocenters. The van der Waals surface area contributed by atoms with Gasteiger partial charge >= 0.3 is 0 Å². The Morgan fingerprint density at radius 3 is 3.22 bits per heavy atom. The van der Waals surface area contributed by atoms with Crippen LogP contribution in [-0.2, 0) is 20.0 Å². The average Bonchev–Trinajstić information content (AvgIpc) is 2.94. The van der Waals surface area contributed by atoms with Crippen LogP contribution >= 0.6 is 0 Å². The van der Waals surface area contributed by atoms with Crippen molar-refractivity contribution in [2.45, 2.75) is 25.9 Å². The minimum Gasteiger partial charge on any atom is -0.367 e. The highest BCUT2D eigenvalue weighted by Crippen LogP contribution is 2.13. The molecule has 0 aromatic carbocycles.